The molecule has 3 nitrogen and oxygen atoms in total. The summed E-state index contributed by atoms with van der Waals surface area (Å²) in [5, 5.41) is 8.82. The fraction of sp³-hybridized carbons (Fsp3) is 0.333. The van der Waals surface area contributed by atoms with Crippen LogP contribution in [0, 0.1) is 11.3 Å². The minimum absolute atomic E-state index is 0.600. The summed E-state index contributed by atoms with van der Waals surface area (Å²) in [6, 6.07) is 16.3. The van der Waals surface area contributed by atoms with Gasteiger partial charge < -0.3 is 0 Å². The Bertz CT molecular complexity index is 605. The van der Waals surface area contributed by atoms with Crippen molar-refractivity contribution in [1.82, 2.24) is 9.88 Å². The fourth-order valence-corrected chi connectivity index (χ4v) is 2.95. The summed E-state index contributed by atoms with van der Waals surface area (Å²) in [6.45, 7) is 3.20. The van der Waals surface area contributed by atoms with E-state index in [0.717, 1.165) is 25.2 Å². The Morgan fingerprint density at radius 1 is 1.10 bits per heavy atom. The van der Waals surface area contributed by atoms with E-state index in [9.17, 15) is 0 Å². The molecule has 106 valence electrons. The molecule has 1 aromatic carbocycles. The molecular formula is C18H19N3. The van der Waals surface area contributed by atoms with E-state index in [1.54, 1.807) is 0 Å². The average Bonchev–Trinajstić information content (AvgIpc) is 2.57. The second-order valence-corrected chi connectivity index (χ2v) is 5.61. The van der Waals surface area contributed by atoms with Gasteiger partial charge in [-0.2, -0.15) is 5.26 Å². The molecular weight excluding hydrogens is 258 g/mol. The van der Waals surface area contributed by atoms with Gasteiger partial charge >= 0.3 is 0 Å². The summed E-state index contributed by atoms with van der Waals surface area (Å²) in [6.07, 6.45) is 4.24. The zero-order valence-electron chi connectivity index (χ0n) is 12.1. The van der Waals surface area contributed by atoms with E-state index in [0.29, 0.717) is 5.92 Å². The molecule has 3 rings (SSSR count). The third-order valence-electron chi connectivity index (χ3n) is 4.18. The van der Waals surface area contributed by atoms with Gasteiger partial charge in [0, 0.05) is 24.4 Å². The van der Waals surface area contributed by atoms with Crippen molar-refractivity contribution in [2.45, 2.75) is 25.3 Å². The first kappa shape index (κ1) is 13.8. The topological polar surface area (TPSA) is 39.9 Å². The van der Waals surface area contributed by atoms with Crippen LogP contribution in [0.5, 0.6) is 0 Å². The second kappa shape index (κ2) is 6.51. The largest absolute Gasteiger partial charge is 0.299 e. The summed E-state index contributed by atoms with van der Waals surface area (Å²) >= 11 is 0. The van der Waals surface area contributed by atoms with Gasteiger partial charge in [0.1, 0.15) is 0 Å². The summed E-state index contributed by atoms with van der Waals surface area (Å²) in [4.78, 5) is 6.97. The Labute approximate surface area is 125 Å². The lowest BCUT2D eigenvalue weighted by Gasteiger charge is -2.31. The number of benzene rings is 1. The van der Waals surface area contributed by atoms with Gasteiger partial charge in [-0.1, -0.05) is 18.2 Å². The third kappa shape index (κ3) is 3.48. The van der Waals surface area contributed by atoms with Gasteiger partial charge in [-0.15, -0.1) is 0 Å². The van der Waals surface area contributed by atoms with Gasteiger partial charge in [0.05, 0.1) is 11.6 Å². The number of piperidine rings is 1. The van der Waals surface area contributed by atoms with Crippen LogP contribution < -0.4 is 0 Å². The van der Waals surface area contributed by atoms with Gasteiger partial charge in [0.2, 0.25) is 0 Å². The number of pyridine rings is 1. The van der Waals surface area contributed by atoms with Crippen LogP contribution >= 0.6 is 0 Å². The molecule has 0 atom stereocenters. The number of hydrogen-bond acceptors (Lipinski definition) is 3. The minimum Gasteiger partial charge on any atom is -0.299 e. The highest BCUT2D eigenvalue weighted by Crippen LogP contribution is 2.27. The smallest absolute Gasteiger partial charge is 0.0991 e. The Morgan fingerprint density at radius 3 is 2.48 bits per heavy atom. The summed E-state index contributed by atoms with van der Waals surface area (Å²) in [5.74, 6) is 0.600. The molecule has 3 heteroatoms. The molecule has 2 aromatic rings. The molecule has 0 amide bonds. The standard InChI is InChI=1S/C18H19N3/c19-13-15-4-6-16(7-5-15)14-21-11-8-17(9-12-21)18-3-1-2-10-20-18/h1-7,10,17H,8-9,11-12,14H2. The summed E-state index contributed by atoms with van der Waals surface area (Å²) < 4.78 is 0. The molecule has 1 fully saturated rings. The molecule has 0 aliphatic carbocycles. The predicted molar refractivity (Wildman–Crippen MR) is 82.6 cm³/mol. The minimum atomic E-state index is 0.600. The zero-order valence-corrected chi connectivity index (χ0v) is 12.1. The molecule has 0 bridgehead atoms. The van der Waals surface area contributed by atoms with Crippen LogP contribution in [0.1, 0.15) is 35.6 Å². The number of nitrogens with zero attached hydrogens (tertiary/aromatic N) is 3. The Balaban J connectivity index is 1.55. The van der Waals surface area contributed by atoms with E-state index >= 15 is 0 Å². The molecule has 21 heavy (non-hydrogen) atoms. The second-order valence-electron chi connectivity index (χ2n) is 5.61. The lowest BCUT2D eigenvalue weighted by Crippen LogP contribution is -2.32. The van der Waals surface area contributed by atoms with Crippen molar-refractivity contribution in [3.05, 3.63) is 65.5 Å². The maximum atomic E-state index is 8.82. The van der Waals surface area contributed by atoms with Crippen LogP contribution in [0.2, 0.25) is 0 Å². The Kier molecular flexibility index (Phi) is 4.28. The van der Waals surface area contributed by atoms with E-state index in [1.165, 1.54) is 24.1 Å². The Hall–Kier alpha value is -2.18. The number of aromatic nitrogens is 1. The van der Waals surface area contributed by atoms with Crippen LogP contribution in [-0.2, 0) is 6.54 Å². The van der Waals surface area contributed by atoms with Crippen molar-refractivity contribution in [2.24, 2.45) is 0 Å². The lowest BCUT2D eigenvalue weighted by molar-refractivity contribution is 0.203. The third-order valence-corrected chi connectivity index (χ3v) is 4.18. The molecule has 0 spiro atoms. The Morgan fingerprint density at radius 2 is 1.86 bits per heavy atom. The van der Waals surface area contributed by atoms with E-state index in [4.69, 9.17) is 5.26 Å². The number of nitriles is 1. The van der Waals surface area contributed by atoms with Crippen LogP contribution in [0.4, 0.5) is 0 Å². The van der Waals surface area contributed by atoms with Gasteiger partial charge in [-0.05, 0) is 55.8 Å². The number of likely N-dealkylation sites (tertiary alicyclic amines) is 1. The average molecular weight is 277 g/mol. The number of hydrogen-bond donors (Lipinski definition) is 0. The molecule has 1 aromatic heterocycles. The van der Waals surface area contributed by atoms with Crippen molar-refractivity contribution < 1.29 is 0 Å². The quantitative estimate of drug-likeness (QED) is 0.864. The van der Waals surface area contributed by atoms with Crippen molar-refractivity contribution in [1.29, 1.82) is 5.26 Å². The van der Waals surface area contributed by atoms with Crippen LogP contribution in [0.25, 0.3) is 0 Å². The van der Waals surface area contributed by atoms with E-state index < -0.39 is 0 Å². The van der Waals surface area contributed by atoms with Crippen molar-refractivity contribution in [3.8, 4) is 6.07 Å². The maximum Gasteiger partial charge on any atom is 0.0991 e. The highest BCUT2D eigenvalue weighted by Gasteiger charge is 2.21. The van der Waals surface area contributed by atoms with E-state index in [-0.39, 0.29) is 0 Å². The lowest BCUT2D eigenvalue weighted by atomic mass is 9.93. The van der Waals surface area contributed by atoms with Crippen LogP contribution in [-0.4, -0.2) is 23.0 Å². The van der Waals surface area contributed by atoms with Crippen molar-refractivity contribution in [2.75, 3.05) is 13.1 Å². The van der Waals surface area contributed by atoms with Gasteiger partial charge in [-0.25, -0.2) is 0 Å². The monoisotopic (exact) mass is 277 g/mol. The first-order valence-electron chi connectivity index (χ1n) is 7.47. The van der Waals surface area contributed by atoms with Gasteiger partial charge in [0.15, 0.2) is 0 Å². The first-order chi connectivity index (χ1) is 10.3. The van der Waals surface area contributed by atoms with Crippen LogP contribution in [0.15, 0.2) is 48.7 Å². The summed E-state index contributed by atoms with van der Waals surface area (Å²) in [5.41, 5.74) is 3.24. The van der Waals surface area contributed by atoms with Gasteiger partial charge in [0.25, 0.3) is 0 Å². The number of rotatable bonds is 3. The molecule has 0 saturated carbocycles. The first-order valence-corrected chi connectivity index (χ1v) is 7.47. The molecule has 0 radical (unpaired) electrons. The normalized spacial score (nSPS) is 16.5. The predicted octanol–water partition coefficient (Wildman–Crippen LogP) is 3.33. The SMILES string of the molecule is N#Cc1ccc(CN2CCC(c3ccccn3)CC2)cc1. The zero-order chi connectivity index (χ0) is 14.5. The van der Waals surface area contributed by atoms with E-state index in [2.05, 4.69) is 40.2 Å². The molecule has 0 unspecified atom stereocenters. The highest BCUT2D eigenvalue weighted by molar-refractivity contribution is 5.31. The molecule has 2 heterocycles. The summed E-state index contributed by atoms with van der Waals surface area (Å²) in [7, 11) is 0. The van der Waals surface area contributed by atoms with Crippen LogP contribution in [0.3, 0.4) is 0 Å². The maximum absolute atomic E-state index is 8.82. The van der Waals surface area contributed by atoms with E-state index in [1.807, 2.05) is 24.4 Å². The molecule has 1 aliphatic heterocycles. The van der Waals surface area contributed by atoms with Crippen molar-refractivity contribution in [3.63, 3.8) is 0 Å². The van der Waals surface area contributed by atoms with Gasteiger partial charge in [-0.3, -0.25) is 9.88 Å². The van der Waals surface area contributed by atoms with Crippen molar-refractivity contribution >= 4 is 0 Å². The molecule has 1 saturated heterocycles. The fourth-order valence-electron chi connectivity index (χ4n) is 2.95. The molecule has 0 N–H and O–H groups in total. The highest BCUT2D eigenvalue weighted by atomic mass is 15.1. The molecule has 1 aliphatic rings.